The van der Waals surface area contributed by atoms with E-state index in [1.807, 2.05) is 32.4 Å². The number of hydrogen-bond acceptors (Lipinski definition) is 3. The van der Waals surface area contributed by atoms with E-state index >= 15 is 0 Å². The van der Waals surface area contributed by atoms with Crippen LogP contribution in [0.1, 0.15) is 76.4 Å². The second-order valence-electron chi connectivity index (χ2n) is 7.73. The van der Waals surface area contributed by atoms with Crippen LogP contribution >= 0.6 is 0 Å². The van der Waals surface area contributed by atoms with Crippen molar-refractivity contribution in [1.82, 2.24) is 29.1 Å². The van der Waals surface area contributed by atoms with Crippen molar-refractivity contribution in [3.8, 4) is 0 Å². The average molecular weight is 339 g/mol. The van der Waals surface area contributed by atoms with Crippen molar-refractivity contribution in [2.75, 3.05) is 0 Å². The molecule has 0 radical (unpaired) electrons. The fraction of sp³-hybridized carbons (Fsp3) is 0.500. The molecule has 7 heteroatoms. The van der Waals surface area contributed by atoms with Crippen LogP contribution in [0.25, 0.3) is 0 Å². The van der Waals surface area contributed by atoms with Crippen molar-refractivity contribution in [3.05, 3.63) is 53.9 Å². The van der Waals surface area contributed by atoms with Gasteiger partial charge < -0.3 is 13.8 Å². The molecule has 3 rings (SSSR count). The van der Waals surface area contributed by atoms with Crippen molar-refractivity contribution in [1.29, 1.82) is 0 Å². The Kier molecular flexibility index (Phi) is 4.83. The Hall–Kier alpha value is -2.31. The highest BCUT2D eigenvalue weighted by atomic mass is 15.4. The van der Waals surface area contributed by atoms with Gasteiger partial charge in [0.1, 0.15) is 0 Å². The van der Waals surface area contributed by atoms with E-state index in [0.29, 0.717) is 17.8 Å². The SMILES string of the molecule is CC(C)c1ccn([BH-](n2ccc(C(C)C)n2)n2ccc(C(C)C)n2)n1. The van der Waals surface area contributed by atoms with Gasteiger partial charge in [-0.1, -0.05) is 41.5 Å². The summed E-state index contributed by atoms with van der Waals surface area (Å²) in [7, 11) is -1.27. The topological polar surface area (TPSA) is 53.5 Å². The van der Waals surface area contributed by atoms with E-state index in [1.54, 1.807) is 0 Å². The molecule has 6 nitrogen and oxygen atoms in total. The maximum absolute atomic E-state index is 4.80. The molecule has 0 amide bonds. The first-order valence-electron chi connectivity index (χ1n) is 9.19. The molecular weight excluding hydrogens is 311 g/mol. The summed E-state index contributed by atoms with van der Waals surface area (Å²) in [4.78, 5) is 0. The van der Waals surface area contributed by atoms with Gasteiger partial charge in [0.2, 0.25) is 0 Å². The first-order chi connectivity index (χ1) is 11.9. The fourth-order valence-corrected chi connectivity index (χ4v) is 2.97. The molecule has 0 aliphatic rings. The quantitative estimate of drug-likeness (QED) is 0.648. The van der Waals surface area contributed by atoms with Gasteiger partial charge in [-0.25, -0.2) is 15.3 Å². The highest BCUT2D eigenvalue weighted by Gasteiger charge is 2.17. The van der Waals surface area contributed by atoms with Gasteiger partial charge in [-0.05, 0) is 54.5 Å². The Bertz CT molecular complexity index is 716. The molecule has 0 fully saturated rings. The molecule has 0 bridgehead atoms. The Labute approximate surface area is 150 Å². The van der Waals surface area contributed by atoms with Crippen LogP contribution in [-0.4, -0.2) is 36.2 Å². The molecule has 0 aliphatic carbocycles. The monoisotopic (exact) mass is 339 g/mol. The lowest BCUT2D eigenvalue weighted by molar-refractivity contribution is 0.710. The van der Waals surface area contributed by atoms with E-state index < -0.39 is 7.12 Å². The standard InChI is InChI=1S/C18H28BN6/c1-13(2)16-7-10-23(20-16)19(24-11-8-17(21-24)14(3)4)25-12-9-18(22-25)15(5)6/h7-15,19H,1-6H3/q-1. The molecule has 25 heavy (non-hydrogen) atoms. The summed E-state index contributed by atoms with van der Waals surface area (Å²) in [6.07, 6.45) is 6.13. The minimum absolute atomic E-state index is 0.397. The predicted octanol–water partition coefficient (Wildman–Crippen LogP) is 3.31. The molecule has 3 heterocycles. The van der Waals surface area contributed by atoms with Gasteiger partial charge in [0, 0.05) is 0 Å². The number of aromatic nitrogens is 6. The zero-order valence-electron chi connectivity index (χ0n) is 16.1. The first-order valence-corrected chi connectivity index (χ1v) is 9.19. The molecule has 3 aromatic heterocycles. The fourth-order valence-electron chi connectivity index (χ4n) is 2.97. The highest BCUT2D eigenvalue weighted by molar-refractivity contribution is 6.52. The zero-order chi connectivity index (χ0) is 18.1. The molecule has 3 aromatic rings. The molecule has 0 N–H and O–H groups in total. The van der Waals surface area contributed by atoms with E-state index in [4.69, 9.17) is 15.3 Å². The van der Waals surface area contributed by atoms with E-state index in [-0.39, 0.29) is 0 Å². The lowest BCUT2D eigenvalue weighted by Crippen LogP contribution is -2.43. The number of nitrogens with zero attached hydrogens (tertiary/aromatic N) is 6. The van der Waals surface area contributed by atoms with E-state index in [9.17, 15) is 0 Å². The molecule has 0 unspecified atom stereocenters. The third-order valence-corrected chi connectivity index (χ3v) is 4.63. The maximum atomic E-state index is 4.80. The van der Waals surface area contributed by atoms with Crippen LogP contribution in [0.5, 0.6) is 0 Å². The van der Waals surface area contributed by atoms with Gasteiger partial charge in [0.05, 0.1) is 17.1 Å². The Balaban J connectivity index is 2.05. The lowest BCUT2D eigenvalue weighted by atomic mass is 9.96. The largest absolute Gasteiger partial charge is 0.403 e. The van der Waals surface area contributed by atoms with Gasteiger partial charge in [-0.2, -0.15) is 0 Å². The van der Waals surface area contributed by atoms with E-state index in [1.165, 1.54) is 0 Å². The van der Waals surface area contributed by atoms with Crippen molar-refractivity contribution in [2.24, 2.45) is 0 Å². The summed E-state index contributed by atoms with van der Waals surface area (Å²) in [5, 5.41) is 14.4. The van der Waals surface area contributed by atoms with Crippen LogP contribution < -0.4 is 0 Å². The van der Waals surface area contributed by atoms with Gasteiger partial charge in [0.25, 0.3) is 0 Å². The molecule has 0 saturated carbocycles. The third kappa shape index (κ3) is 3.55. The van der Waals surface area contributed by atoms with E-state index in [0.717, 1.165) is 17.1 Å². The van der Waals surface area contributed by atoms with Crippen molar-refractivity contribution < 1.29 is 0 Å². The summed E-state index contributed by atoms with van der Waals surface area (Å²) in [6, 6.07) is 6.26. The average Bonchev–Trinajstić information content (AvgIpc) is 3.28. The van der Waals surface area contributed by atoms with Crippen LogP contribution in [-0.2, 0) is 0 Å². The maximum Gasteiger partial charge on any atom is 0.326 e. The van der Waals surface area contributed by atoms with Crippen LogP contribution in [0, 0.1) is 0 Å². The van der Waals surface area contributed by atoms with Crippen molar-refractivity contribution in [2.45, 2.75) is 59.3 Å². The van der Waals surface area contributed by atoms with Crippen molar-refractivity contribution in [3.63, 3.8) is 0 Å². The second kappa shape index (κ2) is 6.90. The van der Waals surface area contributed by atoms with Crippen molar-refractivity contribution >= 4 is 7.12 Å². The Morgan fingerprint density at radius 2 is 0.880 bits per heavy atom. The lowest BCUT2D eigenvalue weighted by Gasteiger charge is -2.27. The minimum atomic E-state index is -1.27. The number of rotatable bonds is 6. The van der Waals surface area contributed by atoms with Crippen LogP contribution in [0.4, 0.5) is 0 Å². The normalized spacial score (nSPS) is 12.2. The summed E-state index contributed by atoms with van der Waals surface area (Å²) < 4.78 is 6.05. The molecule has 0 aromatic carbocycles. The Morgan fingerprint density at radius 1 is 0.600 bits per heavy atom. The van der Waals surface area contributed by atoms with Gasteiger partial charge in [0.15, 0.2) is 0 Å². The predicted molar refractivity (Wildman–Crippen MR) is 102 cm³/mol. The van der Waals surface area contributed by atoms with E-state index in [2.05, 4.69) is 59.7 Å². The Morgan fingerprint density at radius 3 is 1.08 bits per heavy atom. The van der Waals surface area contributed by atoms with Crippen LogP contribution in [0.15, 0.2) is 36.8 Å². The van der Waals surface area contributed by atoms with Crippen LogP contribution in [0.2, 0.25) is 0 Å². The number of hydrogen-bond donors (Lipinski definition) is 0. The minimum Gasteiger partial charge on any atom is -0.403 e. The summed E-state index contributed by atoms with van der Waals surface area (Å²) in [5.74, 6) is 1.19. The zero-order valence-corrected chi connectivity index (χ0v) is 16.1. The first kappa shape index (κ1) is 17.5. The molecule has 0 aliphatic heterocycles. The smallest absolute Gasteiger partial charge is 0.326 e. The molecular formula is C18H28BN6-. The van der Waals surface area contributed by atoms with Gasteiger partial charge in [-0.3, -0.25) is 0 Å². The van der Waals surface area contributed by atoms with Crippen LogP contribution in [0.3, 0.4) is 0 Å². The summed E-state index contributed by atoms with van der Waals surface area (Å²) >= 11 is 0. The van der Waals surface area contributed by atoms with Gasteiger partial charge >= 0.3 is 7.12 Å². The highest BCUT2D eigenvalue weighted by Crippen LogP contribution is 2.15. The summed E-state index contributed by atoms with van der Waals surface area (Å²) in [6.45, 7) is 13.0. The molecule has 0 spiro atoms. The molecule has 134 valence electrons. The second-order valence-corrected chi connectivity index (χ2v) is 7.73. The molecule has 0 saturated heterocycles. The summed E-state index contributed by atoms with van der Waals surface area (Å²) in [5.41, 5.74) is 3.26. The van der Waals surface area contributed by atoms with Gasteiger partial charge in [-0.15, -0.1) is 0 Å². The molecule has 0 atom stereocenters. The third-order valence-electron chi connectivity index (χ3n) is 4.63.